The Morgan fingerprint density at radius 3 is 2.61 bits per heavy atom. The maximum Gasteiger partial charge on any atom is 0.303 e. The summed E-state index contributed by atoms with van der Waals surface area (Å²) in [7, 11) is 0. The third kappa shape index (κ3) is 3.99. The van der Waals surface area contributed by atoms with Crippen molar-refractivity contribution in [3.8, 4) is 0 Å². The second kappa shape index (κ2) is 7.42. The number of carboxylic acids is 1. The SMILES string of the molecule is O=C(O)CCCN1Cc2ccccc2[C@H]1CCc1ccccc1. The van der Waals surface area contributed by atoms with Crippen LogP contribution in [0.3, 0.4) is 0 Å². The first-order valence-corrected chi connectivity index (χ1v) is 8.31. The van der Waals surface area contributed by atoms with Gasteiger partial charge in [-0.2, -0.15) is 0 Å². The maximum atomic E-state index is 10.8. The van der Waals surface area contributed by atoms with Crippen molar-refractivity contribution >= 4 is 5.97 Å². The lowest BCUT2D eigenvalue weighted by atomic mass is 9.98. The lowest BCUT2D eigenvalue weighted by Crippen LogP contribution is -2.24. The number of nitrogens with zero attached hydrogens (tertiary/aromatic N) is 1. The van der Waals surface area contributed by atoms with Crippen LogP contribution in [0.4, 0.5) is 0 Å². The number of benzene rings is 2. The average Bonchev–Trinajstić information content (AvgIpc) is 2.91. The molecule has 23 heavy (non-hydrogen) atoms. The van der Waals surface area contributed by atoms with Gasteiger partial charge in [-0.25, -0.2) is 0 Å². The molecule has 2 aromatic carbocycles. The van der Waals surface area contributed by atoms with Crippen LogP contribution in [0.25, 0.3) is 0 Å². The van der Waals surface area contributed by atoms with E-state index in [9.17, 15) is 4.79 Å². The summed E-state index contributed by atoms with van der Waals surface area (Å²) in [6.45, 7) is 1.79. The van der Waals surface area contributed by atoms with Gasteiger partial charge in [0.05, 0.1) is 0 Å². The summed E-state index contributed by atoms with van der Waals surface area (Å²) in [6.07, 6.45) is 3.09. The molecule has 3 nitrogen and oxygen atoms in total. The van der Waals surface area contributed by atoms with Gasteiger partial charge in [0.15, 0.2) is 0 Å². The van der Waals surface area contributed by atoms with Crippen LogP contribution < -0.4 is 0 Å². The van der Waals surface area contributed by atoms with E-state index in [-0.39, 0.29) is 6.42 Å². The second-order valence-electron chi connectivity index (χ2n) is 6.21. The van der Waals surface area contributed by atoms with Crippen LogP contribution in [-0.4, -0.2) is 22.5 Å². The molecule has 0 saturated heterocycles. The van der Waals surface area contributed by atoms with Crippen molar-refractivity contribution in [1.82, 2.24) is 4.90 Å². The van der Waals surface area contributed by atoms with Gasteiger partial charge in [-0.15, -0.1) is 0 Å². The van der Waals surface area contributed by atoms with Crippen molar-refractivity contribution in [3.05, 3.63) is 71.3 Å². The minimum Gasteiger partial charge on any atom is -0.481 e. The molecule has 0 fully saturated rings. The van der Waals surface area contributed by atoms with Crippen LogP contribution in [0.2, 0.25) is 0 Å². The van der Waals surface area contributed by atoms with E-state index in [0.29, 0.717) is 12.5 Å². The highest BCUT2D eigenvalue weighted by molar-refractivity contribution is 5.66. The number of carbonyl (C=O) groups is 1. The smallest absolute Gasteiger partial charge is 0.303 e. The zero-order valence-corrected chi connectivity index (χ0v) is 13.3. The first kappa shape index (κ1) is 15.8. The summed E-state index contributed by atoms with van der Waals surface area (Å²) in [4.78, 5) is 13.2. The molecule has 0 aromatic heterocycles. The Labute approximate surface area is 137 Å². The van der Waals surface area contributed by atoms with Crippen LogP contribution in [0.15, 0.2) is 54.6 Å². The van der Waals surface area contributed by atoms with Gasteiger partial charge in [0, 0.05) is 19.0 Å². The van der Waals surface area contributed by atoms with E-state index >= 15 is 0 Å². The number of hydrogen-bond acceptors (Lipinski definition) is 2. The minimum absolute atomic E-state index is 0.248. The average molecular weight is 309 g/mol. The Morgan fingerprint density at radius 2 is 1.83 bits per heavy atom. The maximum absolute atomic E-state index is 10.8. The second-order valence-corrected chi connectivity index (χ2v) is 6.21. The van der Waals surface area contributed by atoms with Gasteiger partial charge < -0.3 is 5.11 Å². The number of fused-ring (bicyclic) bond motifs is 1. The van der Waals surface area contributed by atoms with Gasteiger partial charge >= 0.3 is 5.97 Å². The van der Waals surface area contributed by atoms with Crippen molar-refractivity contribution in [2.45, 2.75) is 38.3 Å². The molecule has 0 aliphatic carbocycles. The summed E-state index contributed by atoms with van der Waals surface area (Å²) >= 11 is 0. The number of rotatable bonds is 7. The molecule has 3 heteroatoms. The fraction of sp³-hybridized carbons (Fsp3) is 0.350. The van der Waals surface area contributed by atoms with Gasteiger partial charge in [-0.05, 0) is 42.5 Å². The van der Waals surface area contributed by atoms with Gasteiger partial charge in [0.2, 0.25) is 0 Å². The first-order valence-electron chi connectivity index (χ1n) is 8.31. The molecular formula is C20H23NO2. The predicted molar refractivity (Wildman–Crippen MR) is 91.2 cm³/mol. The highest BCUT2D eigenvalue weighted by Gasteiger charge is 2.29. The van der Waals surface area contributed by atoms with Gasteiger partial charge in [0.25, 0.3) is 0 Å². The number of aliphatic carboxylic acids is 1. The van der Waals surface area contributed by atoms with E-state index in [1.165, 1.54) is 16.7 Å². The molecule has 1 N–H and O–H groups in total. The van der Waals surface area contributed by atoms with Crippen molar-refractivity contribution in [2.24, 2.45) is 0 Å². The Kier molecular flexibility index (Phi) is 5.09. The van der Waals surface area contributed by atoms with E-state index in [1.54, 1.807) is 0 Å². The number of aryl methyl sites for hydroxylation is 1. The van der Waals surface area contributed by atoms with Gasteiger partial charge in [-0.1, -0.05) is 54.6 Å². The van der Waals surface area contributed by atoms with E-state index in [1.807, 2.05) is 6.07 Å². The standard InChI is InChI=1S/C20H23NO2/c22-20(23)11-6-14-21-15-17-9-4-5-10-18(17)19(21)13-12-16-7-2-1-3-8-16/h1-5,7-10,19H,6,11-15H2,(H,22,23)/t19-/m1/s1. The van der Waals surface area contributed by atoms with E-state index in [2.05, 4.69) is 53.4 Å². The molecular weight excluding hydrogens is 286 g/mol. The van der Waals surface area contributed by atoms with Crippen molar-refractivity contribution < 1.29 is 9.90 Å². The molecule has 120 valence electrons. The Hall–Kier alpha value is -2.13. The molecule has 3 rings (SSSR count). The highest BCUT2D eigenvalue weighted by Crippen LogP contribution is 2.36. The molecule has 0 saturated carbocycles. The number of hydrogen-bond donors (Lipinski definition) is 1. The van der Waals surface area contributed by atoms with Gasteiger partial charge in [0.1, 0.15) is 0 Å². The van der Waals surface area contributed by atoms with Crippen LogP contribution in [0.5, 0.6) is 0 Å². The quantitative estimate of drug-likeness (QED) is 0.839. The Balaban J connectivity index is 1.68. The monoisotopic (exact) mass is 309 g/mol. The van der Waals surface area contributed by atoms with Crippen molar-refractivity contribution in [1.29, 1.82) is 0 Å². The molecule has 0 radical (unpaired) electrons. The van der Waals surface area contributed by atoms with E-state index in [0.717, 1.165) is 25.9 Å². The Morgan fingerprint density at radius 1 is 1.09 bits per heavy atom. The Bertz CT molecular complexity index is 654. The summed E-state index contributed by atoms with van der Waals surface area (Å²) < 4.78 is 0. The molecule has 2 aromatic rings. The molecule has 0 spiro atoms. The van der Waals surface area contributed by atoms with Crippen molar-refractivity contribution in [3.63, 3.8) is 0 Å². The highest BCUT2D eigenvalue weighted by atomic mass is 16.4. The third-order valence-electron chi connectivity index (χ3n) is 4.61. The fourth-order valence-electron chi connectivity index (χ4n) is 3.48. The van der Waals surface area contributed by atoms with Gasteiger partial charge in [-0.3, -0.25) is 9.69 Å². The summed E-state index contributed by atoms with van der Waals surface area (Å²) in [6, 6.07) is 19.6. The molecule has 0 unspecified atom stereocenters. The van der Waals surface area contributed by atoms with Crippen molar-refractivity contribution in [2.75, 3.05) is 6.54 Å². The summed E-state index contributed by atoms with van der Waals surface area (Å²) in [5.41, 5.74) is 4.17. The predicted octanol–water partition coefficient (Wildman–Crippen LogP) is 4.04. The topological polar surface area (TPSA) is 40.5 Å². The third-order valence-corrected chi connectivity index (χ3v) is 4.61. The zero-order chi connectivity index (χ0) is 16.1. The van der Waals surface area contributed by atoms with Crippen LogP contribution >= 0.6 is 0 Å². The fourth-order valence-corrected chi connectivity index (χ4v) is 3.48. The van der Waals surface area contributed by atoms with Crippen LogP contribution in [-0.2, 0) is 17.8 Å². The zero-order valence-electron chi connectivity index (χ0n) is 13.3. The number of carboxylic acid groups (broad SMARTS) is 1. The molecule has 1 atom stereocenters. The molecule has 0 bridgehead atoms. The summed E-state index contributed by atoms with van der Waals surface area (Å²) in [5.74, 6) is -0.706. The lowest BCUT2D eigenvalue weighted by Gasteiger charge is -2.25. The minimum atomic E-state index is -0.706. The molecule has 1 heterocycles. The van der Waals surface area contributed by atoms with E-state index in [4.69, 9.17) is 5.11 Å². The van der Waals surface area contributed by atoms with Crippen LogP contribution in [0.1, 0.15) is 42.0 Å². The largest absolute Gasteiger partial charge is 0.481 e. The molecule has 1 aliphatic rings. The first-order chi connectivity index (χ1) is 11.2. The summed E-state index contributed by atoms with van der Waals surface area (Å²) in [5, 5.41) is 8.86. The molecule has 1 aliphatic heterocycles. The normalized spacial score (nSPS) is 17.1. The molecule has 0 amide bonds. The lowest BCUT2D eigenvalue weighted by molar-refractivity contribution is -0.137. The van der Waals surface area contributed by atoms with Crippen LogP contribution in [0, 0.1) is 0 Å². The van der Waals surface area contributed by atoms with E-state index < -0.39 is 5.97 Å².